The number of tetrazole rings is 1. The van der Waals surface area contributed by atoms with Gasteiger partial charge in [0.2, 0.25) is 0 Å². The third kappa shape index (κ3) is 6.78. The van der Waals surface area contributed by atoms with E-state index < -0.39 is 0 Å². The smallest absolute Gasteiger partial charge is 0.290 e. The van der Waals surface area contributed by atoms with Crippen LogP contribution in [0.25, 0.3) is 10.2 Å². The molecule has 1 aliphatic carbocycles. The Morgan fingerprint density at radius 1 is 0.955 bits per heavy atom. The van der Waals surface area contributed by atoms with E-state index >= 15 is 0 Å². The maximum absolute atomic E-state index is 13.9. The molecule has 3 aromatic carbocycles. The van der Waals surface area contributed by atoms with Gasteiger partial charge in [-0.3, -0.25) is 20.3 Å². The van der Waals surface area contributed by atoms with Gasteiger partial charge in [0.15, 0.2) is 5.13 Å². The number of amides is 3. The van der Waals surface area contributed by atoms with Gasteiger partial charge < -0.3 is 0 Å². The number of hydrogen-bond acceptors (Lipinski definition) is 7. The van der Waals surface area contributed by atoms with Crippen molar-refractivity contribution in [3.63, 3.8) is 0 Å². The summed E-state index contributed by atoms with van der Waals surface area (Å²) in [4.78, 5) is 32.9. The first kappa shape index (κ1) is 29.4. The van der Waals surface area contributed by atoms with E-state index in [1.807, 2.05) is 24.3 Å². The van der Waals surface area contributed by atoms with Gasteiger partial charge in [0.25, 0.3) is 11.9 Å². The van der Waals surface area contributed by atoms with Crippen LogP contribution < -0.4 is 15.5 Å². The van der Waals surface area contributed by atoms with Gasteiger partial charge in [0, 0.05) is 11.3 Å². The number of nitrogens with zero attached hydrogens (tertiary/aromatic N) is 5. The summed E-state index contributed by atoms with van der Waals surface area (Å²) in [6.45, 7) is 6.83. The van der Waals surface area contributed by atoms with Gasteiger partial charge in [-0.2, -0.15) is 5.21 Å². The number of benzene rings is 3. The monoisotopic (exact) mass is 608 g/mol. The molecule has 0 spiro atoms. The van der Waals surface area contributed by atoms with Gasteiger partial charge in [0.1, 0.15) is 0 Å². The van der Waals surface area contributed by atoms with Crippen LogP contribution >= 0.6 is 11.3 Å². The Hall–Kier alpha value is -4.64. The highest BCUT2D eigenvalue weighted by Crippen LogP contribution is 2.34. The number of carbonyl (C=O) groups is 2. The minimum absolute atomic E-state index is 0.00502. The van der Waals surface area contributed by atoms with Crippen molar-refractivity contribution in [1.82, 2.24) is 25.6 Å². The van der Waals surface area contributed by atoms with E-state index in [4.69, 9.17) is 4.98 Å². The summed E-state index contributed by atoms with van der Waals surface area (Å²) < 4.78 is 1.02. The summed E-state index contributed by atoms with van der Waals surface area (Å²) in [5, 5.41) is 19.5. The number of aromatic nitrogens is 5. The maximum atomic E-state index is 13.9. The molecule has 1 fully saturated rings. The highest BCUT2D eigenvalue weighted by atomic mass is 32.1. The fraction of sp³-hybridized carbons (Fsp3) is 0.333. The molecule has 6 rings (SSSR count). The molecule has 0 aliphatic heterocycles. The zero-order valence-corrected chi connectivity index (χ0v) is 25.9. The average Bonchev–Trinajstić information content (AvgIpc) is 3.69. The van der Waals surface area contributed by atoms with E-state index in [0.717, 1.165) is 21.5 Å². The summed E-state index contributed by atoms with van der Waals surface area (Å²) >= 11 is 1.46. The summed E-state index contributed by atoms with van der Waals surface area (Å²) in [7, 11) is 0. The van der Waals surface area contributed by atoms with E-state index in [1.54, 1.807) is 17.0 Å². The Bertz CT molecular complexity index is 1740. The molecule has 0 saturated heterocycles. The Balaban J connectivity index is 1.23. The Morgan fingerprint density at radius 3 is 2.39 bits per heavy atom. The third-order valence-corrected chi connectivity index (χ3v) is 9.07. The van der Waals surface area contributed by atoms with Crippen molar-refractivity contribution in [1.29, 1.82) is 0 Å². The second-order valence-corrected chi connectivity index (χ2v) is 13.3. The molecule has 0 atom stereocenters. The number of rotatable bonds is 7. The molecule has 11 heteroatoms. The minimum Gasteiger partial charge on any atom is -0.290 e. The molecule has 1 aliphatic rings. The Morgan fingerprint density at radius 2 is 1.70 bits per heavy atom. The average molecular weight is 609 g/mol. The van der Waals surface area contributed by atoms with Gasteiger partial charge in [-0.05, 0) is 82.5 Å². The van der Waals surface area contributed by atoms with E-state index in [-0.39, 0.29) is 23.3 Å². The highest BCUT2D eigenvalue weighted by Gasteiger charge is 2.21. The third-order valence-electron chi connectivity index (χ3n) is 8.12. The van der Waals surface area contributed by atoms with Crippen molar-refractivity contribution in [3.05, 3.63) is 89.0 Å². The lowest BCUT2D eigenvalue weighted by Gasteiger charge is -2.25. The van der Waals surface area contributed by atoms with E-state index in [1.165, 1.54) is 54.6 Å². The number of H-pyrrole nitrogens is 1. The maximum Gasteiger partial charge on any atom is 0.328 e. The van der Waals surface area contributed by atoms with Crippen LogP contribution in [-0.4, -0.2) is 37.5 Å². The normalized spacial score (nSPS) is 14.0. The zero-order chi connectivity index (χ0) is 30.7. The molecule has 44 heavy (non-hydrogen) atoms. The van der Waals surface area contributed by atoms with E-state index in [9.17, 15) is 9.59 Å². The number of urea groups is 1. The number of fused-ring (bicyclic) bond motifs is 1. The molecule has 1 saturated carbocycles. The molecular weight excluding hydrogens is 572 g/mol. The van der Waals surface area contributed by atoms with Gasteiger partial charge in [-0.1, -0.05) is 86.8 Å². The lowest BCUT2D eigenvalue weighted by Crippen LogP contribution is -2.34. The first-order chi connectivity index (χ1) is 21.2. The van der Waals surface area contributed by atoms with Crippen molar-refractivity contribution in [2.45, 2.75) is 70.8 Å². The number of hydrogen-bond donors (Lipinski definition) is 3. The fourth-order valence-electron chi connectivity index (χ4n) is 5.58. The molecule has 3 amide bonds. The second-order valence-electron chi connectivity index (χ2n) is 12.3. The molecule has 0 radical (unpaired) electrons. The predicted octanol–water partition coefficient (Wildman–Crippen LogP) is 7.65. The standard InChI is InChI=1S/C33H36N8O2S/c1-33(2,3)25-15-18-28-27(19-25)34-31(44-28)36-32(43)41(26-16-13-23(14-17-26)22-7-5-4-6-8-22)20-21-9-11-24(12-10-21)29(42)35-30-37-39-40-38-30/h9-19,22H,4-8,20H2,1-3H3,(H,34,36,43)(H2,35,37,38,39,40,42). The molecule has 0 unspecified atom stereocenters. The number of nitrogens with one attached hydrogen (secondary N) is 3. The zero-order valence-electron chi connectivity index (χ0n) is 25.1. The first-order valence-electron chi connectivity index (χ1n) is 15.0. The van der Waals surface area contributed by atoms with Crippen LogP contribution in [0.3, 0.4) is 0 Å². The van der Waals surface area contributed by atoms with Crippen molar-refractivity contribution in [2.24, 2.45) is 0 Å². The van der Waals surface area contributed by atoms with Gasteiger partial charge in [0.05, 0.1) is 16.8 Å². The van der Waals surface area contributed by atoms with Crippen molar-refractivity contribution < 1.29 is 9.59 Å². The summed E-state index contributed by atoms with van der Waals surface area (Å²) in [5.74, 6) is 0.325. The van der Waals surface area contributed by atoms with Gasteiger partial charge in [-0.25, -0.2) is 9.78 Å². The molecule has 3 N–H and O–H groups in total. The number of aromatic amines is 1. The van der Waals surface area contributed by atoms with Gasteiger partial charge in [-0.15, -0.1) is 5.10 Å². The first-order valence-corrected chi connectivity index (χ1v) is 15.8. The SMILES string of the molecule is CC(C)(C)c1ccc2sc(NC(=O)N(Cc3ccc(C(=O)Nc4nn[nH]n4)cc3)c3ccc(C4CCCCC4)cc3)nc2c1. The van der Waals surface area contributed by atoms with Crippen LogP contribution in [-0.2, 0) is 12.0 Å². The van der Waals surface area contributed by atoms with Crippen LogP contribution in [0.2, 0.25) is 0 Å². The molecule has 0 bridgehead atoms. The van der Waals surface area contributed by atoms with E-state index in [0.29, 0.717) is 23.2 Å². The predicted molar refractivity (Wildman–Crippen MR) is 174 cm³/mol. The molecule has 2 aromatic heterocycles. The van der Waals surface area contributed by atoms with Crippen molar-refractivity contribution in [3.8, 4) is 0 Å². The molecule has 10 nitrogen and oxygen atoms in total. The quantitative estimate of drug-likeness (QED) is 0.174. The van der Waals surface area contributed by atoms with Crippen LogP contribution in [0.4, 0.5) is 21.6 Å². The highest BCUT2D eigenvalue weighted by molar-refractivity contribution is 7.22. The van der Waals surface area contributed by atoms with Gasteiger partial charge >= 0.3 is 6.03 Å². The lowest BCUT2D eigenvalue weighted by atomic mass is 9.84. The summed E-state index contributed by atoms with van der Waals surface area (Å²) in [5.41, 5.74) is 5.49. The summed E-state index contributed by atoms with van der Waals surface area (Å²) in [6, 6.07) is 21.5. The van der Waals surface area contributed by atoms with E-state index in [2.05, 4.69) is 82.4 Å². The number of thiazole rings is 1. The van der Waals surface area contributed by atoms with Crippen molar-refractivity contribution >= 4 is 50.3 Å². The number of anilines is 3. The molecule has 5 aromatic rings. The Kier molecular flexibility index (Phi) is 8.38. The topological polar surface area (TPSA) is 129 Å². The fourth-order valence-corrected chi connectivity index (χ4v) is 6.42. The van der Waals surface area contributed by atoms with Crippen LogP contribution in [0.15, 0.2) is 66.7 Å². The molecule has 226 valence electrons. The summed E-state index contributed by atoms with van der Waals surface area (Å²) in [6.07, 6.45) is 6.27. The Labute approximate surface area is 260 Å². The second kappa shape index (κ2) is 12.5. The largest absolute Gasteiger partial charge is 0.328 e. The van der Waals surface area contributed by atoms with Crippen LogP contribution in [0.1, 0.15) is 85.8 Å². The lowest BCUT2D eigenvalue weighted by molar-refractivity contribution is 0.102. The van der Waals surface area contributed by atoms with Crippen molar-refractivity contribution in [2.75, 3.05) is 15.5 Å². The molecule has 2 heterocycles. The molecular formula is C33H36N8O2S. The minimum atomic E-state index is -0.351. The van der Waals surface area contributed by atoms with Crippen LogP contribution in [0.5, 0.6) is 0 Å². The van der Waals surface area contributed by atoms with Crippen LogP contribution in [0, 0.1) is 0 Å². The number of carbonyl (C=O) groups excluding carboxylic acids is 2.